The summed E-state index contributed by atoms with van der Waals surface area (Å²) in [4.78, 5) is 0. The molecule has 0 N–H and O–H groups in total. The zero-order valence-corrected chi connectivity index (χ0v) is 7.20. The molecule has 8 heavy (non-hydrogen) atoms. The first kappa shape index (κ1) is 6.36. The van der Waals surface area contributed by atoms with E-state index in [0.717, 1.165) is 15.6 Å². The standard InChI is InChI=1S/C5H4Br2O/c6-2-5-1-4(7)3-8-5/h1,3H,2H2. The highest BCUT2D eigenvalue weighted by atomic mass is 79.9. The van der Waals surface area contributed by atoms with Gasteiger partial charge in [0, 0.05) is 0 Å². The van der Waals surface area contributed by atoms with E-state index in [9.17, 15) is 0 Å². The molecule has 0 saturated heterocycles. The number of hydrogen-bond donors (Lipinski definition) is 0. The van der Waals surface area contributed by atoms with Gasteiger partial charge in [-0.2, -0.15) is 0 Å². The van der Waals surface area contributed by atoms with Gasteiger partial charge in [-0.3, -0.25) is 0 Å². The molecule has 0 spiro atoms. The monoisotopic (exact) mass is 238 g/mol. The molecule has 0 radical (unpaired) electrons. The average Bonchev–Trinajstić information content (AvgIpc) is 2.14. The Bertz CT molecular complexity index is 171. The molecule has 0 aliphatic carbocycles. The van der Waals surface area contributed by atoms with Crippen molar-refractivity contribution in [2.24, 2.45) is 0 Å². The summed E-state index contributed by atoms with van der Waals surface area (Å²) in [6.07, 6.45) is 1.66. The Morgan fingerprint density at radius 2 is 2.38 bits per heavy atom. The van der Waals surface area contributed by atoms with Gasteiger partial charge < -0.3 is 4.42 Å². The lowest BCUT2D eigenvalue weighted by atomic mass is 10.5. The number of rotatable bonds is 1. The van der Waals surface area contributed by atoms with Crippen LogP contribution in [-0.2, 0) is 5.33 Å². The minimum absolute atomic E-state index is 0.776. The lowest BCUT2D eigenvalue weighted by Crippen LogP contribution is -1.62. The van der Waals surface area contributed by atoms with Crippen LogP contribution in [0.15, 0.2) is 21.2 Å². The molecule has 0 unspecified atom stereocenters. The first-order chi connectivity index (χ1) is 3.83. The quantitative estimate of drug-likeness (QED) is 0.687. The Morgan fingerprint density at radius 3 is 2.62 bits per heavy atom. The van der Waals surface area contributed by atoms with Crippen molar-refractivity contribution in [1.29, 1.82) is 0 Å². The van der Waals surface area contributed by atoms with Gasteiger partial charge in [-0.1, -0.05) is 15.9 Å². The smallest absolute Gasteiger partial charge is 0.115 e. The summed E-state index contributed by atoms with van der Waals surface area (Å²) in [6.45, 7) is 0. The molecule has 1 rings (SSSR count). The van der Waals surface area contributed by atoms with Crippen molar-refractivity contribution in [3.63, 3.8) is 0 Å². The zero-order valence-electron chi connectivity index (χ0n) is 4.03. The summed E-state index contributed by atoms with van der Waals surface area (Å²) in [5, 5.41) is 0.776. The van der Waals surface area contributed by atoms with Gasteiger partial charge in [0.15, 0.2) is 0 Å². The number of hydrogen-bond acceptors (Lipinski definition) is 1. The molecule has 0 saturated carbocycles. The maximum atomic E-state index is 5.02. The number of furan rings is 1. The Labute approximate surface area is 64.3 Å². The molecule has 0 aliphatic heterocycles. The van der Waals surface area contributed by atoms with Gasteiger partial charge in [-0.25, -0.2) is 0 Å². The van der Waals surface area contributed by atoms with Gasteiger partial charge in [-0.05, 0) is 22.0 Å². The lowest BCUT2D eigenvalue weighted by molar-refractivity contribution is 0.530. The third kappa shape index (κ3) is 1.36. The van der Waals surface area contributed by atoms with Crippen molar-refractivity contribution >= 4 is 31.9 Å². The zero-order chi connectivity index (χ0) is 5.98. The third-order valence-electron chi connectivity index (χ3n) is 0.753. The van der Waals surface area contributed by atoms with E-state index in [0.29, 0.717) is 0 Å². The molecular weight excluding hydrogens is 236 g/mol. The van der Waals surface area contributed by atoms with Crippen LogP contribution in [0.2, 0.25) is 0 Å². The van der Waals surface area contributed by atoms with Crippen molar-refractivity contribution in [1.82, 2.24) is 0 Å². The molecular formula is C5H4Br2O. The minimum Gasteiger partial charge on any atom is -0.467 e. The normalized spacial score (nSPS) is 9.75. The van der Waals surface area contributed by atoms with Crippen LogP contribution in [0.1, 0.15) is 5.76 Å². The molecule has 0 amide bonds. The lowest BCUT2D eigenvalue weighted by Gasteiger charge is -1.78. The Hall–Kier alpha value is 0.240. The molecule has 0 aromatic carbocycles. The maximum Gasteiger partial charge on any atom is 0.115 e. The maximum absolute atomic E-state index is 5.02. The van der Waals surface area contributed by atoms with Crippen molar-refractivity contribution in [3.8, 4) is 0 Å². The molecule has 0 bridgehead atoms. The van der Waals surface area contributed by atoms with E-state index in [1.165, 1.54) is 0 Å². The van der Waals surface area contributed by atoms with Crippen LogP contribution in [-0.4, -0.2) is 0 Å². The predicted octanol–water partition coefficient (Wildman–Crippen LogP) is 2.94. The van der Waals surface area contributed by atoms with E-state index in [1.807, 2.05) is 6.07 Å². The first-order valence-corrected chi connectivity index (χ1v) is 4.03. The van der Waals surface area contributed by atoms with Crippen molar-refractivity contribution in [3.05, 3.63) is 22.6 Å². The molecule has 0 aliphatic rings. The Morgan fingerprint density at radius 1 is 1.62 bits per heavy atom. The topological polar surface area (TPSA) is 13.1 Å². The summed E-state index contributed by atoms with van der Waals surface area (Å²) >= 11 is 6.51. The van der Waals surface area contributed by atoms with Crippen LogP contribution in [0.3, 0.4) is 0 Å². The Kier molecular flexibility index (Phi) is 2.14. The van der Waals surface area contributed by atoms with Gasteiger partial charge >= 0.3 is 0 Å². The van der Waals surface area contributed by atoms with Gasteiger partial charge in [-0.15, -0.1) is 0 Å². The van der Waals surface area contributed by atoms with E-state index in [-0.39, 0.29) is 0 Å². The van der Waals surface area contributed by atoms with E-state index in [2.05, 4.69) is 31.9 Å². The van der Waals surface area contributed by atoms with Gasteiger partial charge in [0.05, 0.1) is 9.80 Å². The number of alkyl halides is 1. The Balaban J connectivity index is 2.84. The molecule has 1 nitrogen and oxygen atoms in total. The van der Waals surface area contributed by atoms with Crippen LogP contribution in [0.25, 0.3) is 0 Å². The summed E-state index contributed by atoms with van der Waals surface area (Å²) in [6, 6.07) is 1.93. The van der Waals surface area contributed by atoms with Gasteiger partial charge in [0.25, 0.3) is 0 Å². The second-order valence-electron chi connectivity index (χ2n) is 1.36. The summed E-state index contributed by atoms with van der Waals surface area (Å²) in [7, 11) is 0. The fraction of sp³-hybridized carbons (Fsp3) is 0.200. The van der Waals surface area contributed by atoms with E-state index >= 15 is 0 Å². The predicted molar refractivity (Wildman–Crippen MR) is 39.0 cm³/mol. The van der Waals surface area contributed by atoms with Crippen molar-refractivity contribution in [2.45, 2.75) is 5.33 Å². The van der Waals surface area contributed by atoms with Gasteiger partial charge in [0.2, 0.25) is 0 Å². The van der Waals surface area contributed by atoms with E-state index < -0.39 is 0 Å². The highest BCUT2D eigenvalue weighted by Gasteiger charge is 1.93. The minimum atomic E-state index is 0.776. The van der Waals surface area contributed by atoms with E-state index in [4.69, 9.17) is 4.42 Å². The van der Waals surface area contributed by atoms with Crippen LogP contribution < -0.4 is 0 Å². The van der Waals surface area contributed by atoms with Crippen LogP contribution >= 0.6 is 31.9 Å². The van der Waals surface area contributed by atoms with Crippen LogP contribution in [0.4, 0.5) is 0 Å². The second kappa shape index (κ2) is 2.69. The fourth-order valence-corrected chi connectivity index (χ4v) is 1.07. The highest BCUT2D eigenvalue weighted by Crippen LogP contribution is 2.15. The van der Waals surface area contributed by atoms with Crippen molar-refractivity contribution < 1.29 is 4.42 Å². The van der Waals surface area contributed by atoms with E-state index in [1.54, 1.807) is 6.26 Å². The SMILES string of the molecule is BrCc1cc(Br)co1. The fourth-order valence-electron chi connectivity index (χ4n) is 0.424. The van der Waals surface area contributed by atoms with Crippen LogP contribution in [0.5, 0.6) is 0 Å². The molecule has 0 fully saturated rings. The molecule has 44 valence electrons. The van der Waals surface area contributed by atoms with Gasteiger partial charge in [0.1, 0.15) is 12.0 Å². The molecule has 0 atom stereocenters. The number of halogens is 2. The first-order valence-electron chi connectivity index (χ1n) is 2.12. The summed E-state index contributed by atoms with van der Waals surface area (Å²) in [5.41, 5.74) is 0. The average molecular weight is 240 g/mol. The van der Waals surface area contributed by atoms with Crippen LogP contribution in [0, 0.1) is 0 Å². The molecule has 3 heteroatoms. The molecule has 1 aromatic rings. The largest absolute Gasteiger partial charge is 0.467 e. The molecule has 1 aromatic heterocycles. The highest BCUT2D eigenvalue weighted by molar-refractivity contribution is 9.10. The summed E-state index contributed by atoms with van der Waals surface area (Å²) in [5.74, 6) is 0.942. The molecule has 1 heterocycles. The third-order valence-corrected chi connectivity index (χ3v) is 1.72. The second-order valence-corrected chi connectivity index (χ2v) is 2.84. The summed E-state index contributed by atoms with van der Waals surface area (Å²) < 4.78 is 6.01. The van der Waals surface area contributed by atoms with Crippen molar-refractivity contribution in [2.75, 3.05) is 0 Å².